The molecule has 30 heavy (non-hydrogen) atoms. The van der Waals surface area contributed by atoms with Gasteiger partial charge in [-0.15, -0.1) is 0 Å². The van der Waals surface area contributed by atoms with Crippen LogP contribution in [0.3, 0.4) is 0 Å². The zero-order valence-electron chi connectivity index (χ0n) is 17.4. The Morgan fingerprint density at radius 1 is 0.933 bits per heavy atom. The number of esters is 1. The molecule has 2 rings (SSSR count). The third kappa shape index (κ3) is 6.23. The smallest absolute Gasteiger partial charge is 0.306 e. The van der Waals surface area contributed by atoms with Crippen molar-refractivity contribution in [2.45, 2.75) is 19.8 Å². The number of rotatable bonds is 10. The minimum Gasteiger partial charge on any atom is -0.493 e. The second-order valence-electron chi connectivity index (χ2n) is 6.38. The van der Waals surface area contributed by atoms with Crippen LogP contribution in [0.4, 0.5) is 5.69 Å². The van der Waals surface area contributed by atoms with Crippen LogP contribution in [0.1, 0.15) is 29.3 Å². The maximum absolute atomic E-state index is 12.0. The zero-order chi connectivity index (χ0) is 22.1. The van der Waals surface area contributed by atoms with Crippen molar-refractivity contribution in [1.29, 1.82) is 0 Å². The molecule has 0 aliphatic carbocycles. The lowest BCUT2D eigenvalue weighted by Crippen LogP contribution is -2.21. The number of hydrogen-bond donors (Lipinski definition) is 1. The van der Waals surface area contributed by atoms with Crippen molar-refractivity contribution >= 4 is 23.3 Å². The summed E-state index contributed by atoms with van der Waals surface area (Å²) in [6, 6.07) is 10.0. The summed E-state index contributed by atoms with van der Waals surface area (Å²) in [5.41, 5.74) is 1.74. The molecule has 0 aliphatic heterocycles. The number of amides is 1. The van der Waals surface area contributed by atoms with Gasteiger partial charge in [0.25, 0.3) is 5.91 Å². The SMILES string of the molecule is COc1cc(CCC(=O)OCC(=O)Nc2cccc(C(C)=O)c2)cc(OC)c1OC. The quantitative estimate of drug-likeness (QED) is 0.470. The Morgan fingerprint density at radius 2 is 1.60 bits per heavy atom. The average molecular weight is 415 g/mol. The van der Waals surface area contributed by atoms with Crippen LogP contribution in [0.2, 0.25) is 0 Å². The number of methoxy groups -OCH3 is 3. The van der Waals surface area contributed by atoms with E-state index in [0.29, 0.717) is 34.9 Å². The Labute approximate surface area is 175 Å². The number of benzene rings is 2. The molecule has 2 aromatic rings. The van der Waals surface area contributed by atoms with Crippen LogP contribution in [0.25, 0.3) is 0 Å². The molecule has 0 heterocycles. The van der Waals surface area contributed by atoms with Gasteiger partial charge in [0, 0.05) is 17.7 Å². The van der Waals surface area contributed by atoms with Crippen molar-refractivity contribution in [3.63, 3.8) is 0 Å². The number of hydrogen-bond acceptors (Lipinski definition) is 7. The van der Waals surface area contributed by atoms with Gasteiger partial charge in [-0.1, -0.05) is 12.1 Å². The highest BCUT2D eigenvalue weighted by molar-refractivity contribution is 5.97. The fourth-order valence-electron chi connectivity index (χ4n) is 2.76. The number of carbonyl (C=O) groups excluding carboxylic acids is 3. The Kier molecular flexibility index (Phi) is 8.22. The highest BCUT2D eigenvalue weighted by Gasteiger charge is 2.15. The maximum Gasteiger partial charge on any atom is 0.306 e. The molecule has 0 saturated carbocycles. The number of aryl methyl sites for hydroxylation is 1. The summed E-state index contributed by atoms with van der Waals surface area (Å²) < 4.78 is 20.9. The van der Waals surface area contributed by atoms with Gasteiger partial charge < -0.3 is 24.3 Å². The van der Waals surface area contributed by atoms with Crippen LogP contribution in [0.5, 0.6) is 17.2 Å². The third-order valence-corrected chi connectivity index (χ3v) is 4.26. The molecule has 0 unspecified atom stereocenters. The van der Waals surface area contributed by atoms with Gasteiger partial charge in [0.15, 0.2) is 23.9 Å². The third-order valence-electron chi connectivity index (χ3n) is 4.26. The lowest BCUT2D eigenvalue weighted by atomic mass is 10.1. The number of carbonyl (C=O) groups is 3. The first-order valence-corrected chi connectivity index (χ1v) is 9.23. The van der Waals surface area contributed by atoms with Crippen molar-refractivity contribution in [3.05, 3.63) is 47.5 Å². The van der Waals surface area contributed by atoms with Gasteiger partial charge >= 0.3 is 5.97 Å². The second-order valence-corrected chi connectivity index (χ2v) is 6.38. The second kappa shape index (κ2) is 10.8. The molecule has 0 saturated heterocycles. The molecule has 0 radical (unpaired) electrons. The molecule has 160 valence electrons. The van der Waals surface area contributed by atoms with E-state index in [0.717, 1.165) is 5.56 Å². The lowest BCUT2D eigenvalue weighted by Gasteiger charge is -2.14. The van der Waals surface area contributed by atoms with E-state index >= 15 is 0 Å². The molecule has 8 heteroatoms. The molecule has 1 amide bonds. The molecule has 0 spiro atoms. The lowest BCUT2D eigenvalue weighted by molar-refractivity contribution is -0.147. The Balaban J connectivity index is 1.87. The van der Waals surface area contributed by atoms with Gasteiger partial charge in [-0.05, 0) is 43.2 Å². The predicted octanol–water partition coefficient (Wildman–Crippen LogP) is 3.03. The van der Waals surface area contributed by atoms with Crippen LogP contribution >= 0.6 is 0 Å². The van der Waals surface area contributed by atoms with E-state index in [-0.39, 0.29) is 12.2 Å². The van der Waals surface area contributed by atoms with Gasteiger partial charge in [0.2, 0.25) is 5.75 Å². The van der Waals surface area contributed by atoms with Crippen LogP contribution in [-0.2, 0) is 20.7 Å². The monoisotopic (exact) mass is 415 g/mol. The molecular weight excluding hydrogens is 390 g/mol. The van der Waals surface area contributed by atoms with Crippen molar-refractivity contribution < 1.29 is 33.3 Å². The van der Waals surface area contributed by atoms with E-state index in [2.05, 4.69) is 5.32 Å². The van der Waals surface area contributed by atoms with Gasteiger partial charge in [-0.25, -0.2) is 0 Å². The highest BCUT2D eigenvalue weighted by atomic mass is 16.5. The Bertz CT molecular complexity index is 898. The van der Waals surface area contributed by atoms with Gasteiger partial charge in [-0.2, -0.15) is 0 Å². The summed E-state index contributed by atoms with van der Waals surface area (Å²) in [7, 11) is 4.54. The fraction of sp³-hybridized carbons (Fsp3) is 0.318. The van der Waals surface area contributed by atoms with Gasteiger partial charge in [0.05, 0.1) is 21.3 Å². The highest BCUT2D eigenvalue weighted by Crippen LogP contribution is 2.38. The summed E-state index contributed by atoms with van der Waals surface area (Å²) in [6.07, 6.45) is 0.448. The van der Waals surface area contributed by atoms with E-state index in [1.807, 2.05) is 0 Å². The van der Waals surface area contributed by atoms with Crippen LogP contribution in [-0.4, -0.2) is 45.6 Å². The van der Waals surface area contributed by atoms with Crippen molar-refractivity contribution in [1.82, 2.24) is 0 Å². The largest absolute Gasteiger partial charge is 0.493 e. The Hall–Kier alpha value is -3.55. The molecule has 0 bridgehead atoms. The maximum atomic E-state index is 12.0. The molecule has 2 aromatic carbocycles. The molecule has 1 N–H and O–H groups in total. The standard InChI is InChI=1S/C22H25NO7/c1-14(24)16-6-5-7-17(12-16)23-20(25)13-30-21(26)9-8-15-10-18(27-2)22(29-4)19(11-15)28-3/h5-7,10-12H,8-9,13H2,1-4H3,(H,23,25). The van der Waals surface area contributed by atoms with Gasteiger partial charge in [-0.3, -0.25) is 14.4 Å². The van der Waals surface area contributed by atoms with E-state index in [9.17, 15) is 14.4 Å². The van der Waals surface area contributed by atoms with Crippen molar-refractivity contribution in [2.75, 3.05) is 33.3 Å². The molecular formula is C22H25NO7. The minimum absolute atomic E-state index is 0.0751. The van der Waals surface area contributed by atoms with Crippen LogP contribution in [0, 0.1) is 0 Å². The van der Waals surface area contributed by atoms with Gasteiger partial charge in [0.1, 0.15) is 0 Å². The zero-order valence-corrected chi connectivity index (χ0v) is 17.4. The minimum atomic E-state index is -0.517. The first-order chi connectivity index (χ1) is 14.4. The summed E-state index contributed by atoms with van der Waals surface area (Å²) in [5, 5.41) is 2.59. The fourth-order valence-corrected chi connectivity index (χ4v) is 2.76. The molecule has 0 aliphatic rings. The van der Waals surface area contributed by atoms with Crippen molar-refractivity contribution in [3.8, 4) is 17.2 Å². The molecule has 0 atom stereocenters. The summed E-state index contributed by atoms with van der Waals surface area (Å²) in [6.45, 7) is 1.02. The number of Topliss-reactive ketones (excluding diaryl/α,β-unsaturated/α-hetero) is 1. The molecule has 0 fully saturated rings. The van der Waals surface area contributed by atoms with E-state index < -0.39 is 18.5 Å². The first kappa shape index (κ1) is 22.7. The predicted molar refractivity (Wildman–Crippen MR) is 110 cm³/mol. The average Bonchev–Trinajstić information content (AvgIpc) is 2.75. The molecule has 0 aromatic heterocycles. The number of nitrogens with one attached hydrogen (secondary N) is 1. The normalized spacial score (nSPS) is 10.1. The number of anilines is 1. The Morgan fingerprint density at radius 3 is 2.17 bits per heavy atom. The summed E-state index contributed by atoms with van der Waals surface area (Å²) in [4.78, 5) is 35.4. The number of ketones is 1. The molecule has 8 nitrogen and oxygen atoms in total. The summed E-state index contributed by atoms with van der Waals surface area (Å²) >= 11 is 0. The van der Waals surface area contributed by atoms with Crippen molar-refractivity contribution in [2.24, 2.45) is 0 Å². The van der Waals surface area contributed by atoms with E-state index in [1.165, 1.54) is 28.3 Å². The van der Waals surface area contributed by atoms with Crippen LogP contribution in [0.15, 0.2) is 36.4 Å². The van der Waals surface area contributed by atoms with E-state index in [1.54, 1.807) is 36.4 Å². The van der Waals surface area contributed by atoms with Crippen LogP contribution < -0.4 is 19.5 Å². The summed E-state index contributed by atoms with van der Waals surface area (Å²) in [5.74, 6) is 0.342. The topological polar surface area (TPSA) is 100 Å². The first-order valence-electron chi connectivity index (χ1n) is 9.23. The number of ether oxygens (including phenoxy) is 4. The van der Waals surface area contributed by atoms with E-state index in [4.69, 9.17) is 18.9 Å².